The van der Waals surface area contributed by atoms with Crippen LogP contribution in [0.1, 0.15) is 27.2 Å². The zero-order valence-electron chi connectivity index (χ0n) is 12.5. The van der Waals surface area contributed by atoms with Gasteiger partial charge in [0.1, 0.15) is 0 Å². The second-order valence-corrected chi connectivity index (χ2v) is 7.74. The van der Waals surface area contributed by atoms with Crippen molar-refractivity contribution in [2.24, 2.45) is 11.3 Å². The van der Waals surface area contributed by atoms with Crippen LogP contribution in [-0.4, -0.2) is 64.1 Å². The summed E-state index contributed by atoms with van der Waals surface area (Å²) in [6.45, 7) is 8.43. The Kier molecular flexibility index (Phi) is 4.52. The summed E-state index contributed by atoms with van der Waals surface area (Å²) in [7, 11) is 0. The first-order valence-corrected chi connectivity index (χ1v) is 8.30. The molecule has 2 heterocycles. The predicted molar refractivity (Wildman–Crippen MR) is 80.0 cm³/mol. The first-order chi connectivity index (χ1) is 9.36. The highest BCUT2D eigenvalue weighted by Crippen LogP contribution is 2.38. The molecule has 114 valence electrons. The van der Waals surface area contributed by atoms with E-state index < -0.39 is 11.4 Å². The molecule has 2 aliphatic heterocycles. The Hall–Kier alpha value is -0.910. The maximum atomic E-state index is 12.5. The number of thioether (sulfide) groups is 1. The number of amides is 2. The molecular formula is C14H24N2O3S. The Bertz CT molecular complexity index is 402. The summed E-state index contributed by atoms with van der Waals surface area (Å²) in [6, 6.07) is 0.0147. The second kappa shape index (κ2) is 5.84. The summed E-state index contributed by atoms with van der Waals surface area (Å²) in [6.07, 6.45) is 0.559. The molecule has 2 fully saturated rings. The highest BCUT2D eigenvalue weighted by Gasteiger charge is 2.49. The Morgan fingerprint density at radius 3 is 2.50 bits per heavy atom. The van der Waals surface area contributed by atoms with Gasteiger partial charge in [-0.25, -0.2) is 4.79 Å². The van der Waals surface area contributed by atoms with E-state index in [1.54, 1.807) is 4.90 Å². The summed E-state index contributed by atoms with van der Waals surface area (Å²) < 4.78 is 0. The fourth-order valence-corrected chi connectivity index (χ4v) is 4.09. The summed E-state index contributed by atoms with van der Waals surface area (Å²) in [5.41, 5.74) is -0.772. The summed E-state index contributed by atoms with van der Waals surface area (Å²) in [5.74, 6) is 0.230. The molecule has 20 heavy (non-hydrogen) atoms. The molecule has 0 spiro atoms. The molecular weight excluding hydrogens is 276 g/mol. The van der Waals surface area contributed by atoms with E-state index in [1.807, 2.05) is 30.5 Å². The highest BCUT2D eigenvalue weighted by molar-refractivity contribution is 7.99. The lowest BCUT2D eigenvalue weighted by molar-refractivity contribution is -0.150. The average molecular weight is 300 g/mol. The molecule has 2 atom stereocenters. The van der Waals surface area contributed by atoms with Crippen LogP contribution in [0.25, 0.3) is 0 Å². The van der Waals surface area contributed by atoms with Crippen molar-refractivity contribution >= 4 is 23.8 Å². The summed E-state index contributed by atoms with van der Waals surface area (Å²) >= 11 is 1.88. The van der Waals surface area contributed by atoms with Gasteiger partial charge in [0.2, 0.25) is 0 Å². The van der Waals surface area contributed by atoms with Gasteiger partial charge in [0.15, 0.2) is 0 Å². The summed E-state index contributed by atoms with van der Waals surface area (Å²) in [4.78, 5) is 27.7. The fourth-order valence-electron chi connectivity index (χ4n) is 3.08. The van der Waals surface area contributed by atoms with E-state index >= 15 is 0 Å². The van der Waals surface area contributed by atoms with Crippen molar-refractivity contribution in [2.45, 2.75) is 32.4 Å². The third-order valence-corrected chi connectivity index (χ3v) is 5.75. The number of urea groups is 1. The lowest BCUT2D eigenvalue weighted by Crippen LogP contribution is -2.49. The van der Waals surface area contributed by atoms with E-state index in [9.17, 15) is 14.7 Å². The lowest BCUT2D eigenvalue weighted by Gasteiger charge is -2.34. The monoisotopic (exact) mass is 300 g/mol. The molecule has 2 aliphatic rings. The van der Waals surface area contributed by atoms with Gasteiger partial charge < -0.3 is 14.9 Å². The molecule has 5 nitrogen and oxygen atoms in total. The molecule has 2 amide bonds. The maximum Gasteiger partial charge on any atom is 0.320 e. The summed E-state index contributed by atoms with van der Waals surface area (Å²) in [5, 5.41) is 9.99. The molecule has 0 aromatic carbocycles. The quantitative estimate of drug-likeness (QED) is 0.847. The van der Waals surface area contributed by atoms with Crippen molar-refractivity contribution in [1.82, 2.24) is 9.80 Å². The van der Waals surface area contributed by atoms with E-state index in [4.69, 9.17) is 0 Å². The molecule has 2 saturated heterocycles. The third kappa shape index (κ3) is 2.75. The number of carboxylic acids is 1. The standard InChI is InChI=1S/C14H24N2O3S/c1-10(2)14(12(17)18)4-5-16(9-14)13(19)15-6-7-20-11(3)8-15/h10-11H,4-9H2,1-3H3,(H,17,18). The van der Waals surface area contributed by atoms with Gasteiger partial charge in [-0.05, 0) is 12.3 Å². The van der Waals surface area contributed by atoms with Crippen LogP contribution in [0.15, 0.2) is 0 Å². The van der Waals surface area contributed by atoms with Crippen molar-refractivity contribution < 1.29 is 14.7 Å². The van der Waals surface area contributed by atoms with Gasteiger partial charge in [-0.15, -0.1) is 0 Å². The smallest absolute Gasteiger partial charge is 0.320 e. The van der Waals surface area contributed by atoms with E-state index in [2.05, 4.69) is 6.92 Å². The van der Waals surface area contributed by atoms with Crippen LogP contribution in [-0.2, 0) is 4.79 Å². The number of carbonyl (C=O) groups is 2. The van der Waals surface area contributed by atoms with Crippen molar-refractivity contribution in [3.05, 3.63) is 0 Å². The van der Waals surface area contributed by atoms with Crippen LogP contribution in [0.3, 0.4) is 0 Å². The zero-order valence-corrected chi connectivity index (χ0v) is 13.3. The Morgan fingerprint density at radius 2 is 2.00 bits per heavy atom. The van der Waals surface area contributed by atoms with E-state index in [0.717, 1.165) is 18.8 Å². The largest absolute Gasteiger partial charge is 0.481 e. The van der Waals surface area contributed by atoms with Crippen LogP contribution >= 0.6 is 11.8 Å². The van der Waals surface area contributed by atoms with E-state index in [1.165, 1.54) is 0 Å². The number of hydrogen-bond acceptors (Lipinski definition) is 3. The number of rotatable bonds is 2. The van der Waals surface area contributed by atoms with Crippen LogP contribution in [0.4, 0.5) is 4.79 Å². The topological polar surface area (TPSA) is 60.9 Å². The van der Waals surface area contributed by atoms with Crippen LogP contribution < -0.4 is 0 Å². The molecule has 0 aromatic rings. The number of likely N-dealkylation sites (tertiary alicyclic amines) is 1. The first-order valence-electron chi connectivity index (χ1n) is 7.25. The van der Waals surface area contributed by atoms with Gasteiger partial charge in [-0.2, -0.15) is 11.8 Å². The fraction of sp³-hybridized carbons (Fsp3) is 0.857. The van der Waals surface area contributed by atoms with E-state index in [-0.39, 0.29) is 11.9 Å². The minimum atomic E-state index is -0.773. The molecule has 0 aliphatic carbocycles. The van der Waals surface area contributed by atoms with Crippen molar-refractivity contribution in [3.63, 3.8) is 0 Å². The number of aliphatic carboxylic acids is 1. The molecule has 2 rings (SSSR count). The first kappa shape index (κ1) is 15.5. The van der Waals surface area contributed by atoms with Crippen molar-refractivity contribution in [1.29, 1.82) is 0 Å². The Labute approximate surface area is 124 Å². The number of carboxylic acid groups (broad SMARTS) is 1. The predicted octanol–water partition coefficient (Wildman–Crippen LogP) is 1.98. The minimum absolute atomic E-state index is 0.0147. The molecule has 0 radical (unpaired) electrons. The Balaban J connectivity index is 2.04. The number of carbonyl (C=O) groups excluding carboxylic acids is 1. The van der Waals surface area contributed by atoms with E-state index in [0.29, 0.717) is 24.8 Å². The molecule has 0 saturated carbocycles. The number of nitrogens with zero attached hydrogens (tertiary/aromatic N) is 2. The Morgan fingerprint density at radius 1 is 1.30 bits per heavy atom. The highest BCUT2D eigenvalue weighted by atomic mass is 32.2. The molecule has 6 heteroatoms. The zero-order chi connectivity index (χ0) is 14.9. The second-order valence-electron chi connectivity index (χ2n) is 6.20. The van der Waals surface area contributed by atoms with Crippen LogP contribution in [0.5, 0.6) is 0 Å². The SMILES string of the molecule is CC1CN(C(=O)N2CCC(C(=O)O)(C(C)C)C2)CCS1. The van der Waals surface area contributed by atoms with Gasteiger partial charge in [-0.1, -0.05) is 20.8 Å². The molecule has 1 N–H and O–H groups in total. The van der Waals surface area contributed by atoms with Gasteiger partial charge in [0.05, 0.1) is 5.41 Å². The van der Waals surface area contributed by atoms with Gasteiger partial charge >= 0.3 is 12.0 Å². The van der Waals surface area contributed by atoms with Crippen LogP contribution in [0, 0.1) is 11.3 Å². The maximum absolute atomic E-state index is 12.5. The van der Waals surface area contributed by atoms with Crippen molar-refractivity contribution in [3.8, 4) is 0 Å². The van der Waals surface area contributed by atoms with Crippen molar-refractivity contribution in [2.75, 3.05) is 31.9 Å². The molecule has 2 unspecified atom stereocenters. The van der Waals surface area contributed by atoms with Gasteiger partial charge in [0, 0.05) is 37.2 Å². The minimum Gasteiger partial charge on any atom is -0.481 e. The normalized spacial score (nSPS) is 30.9. The van der Waals surface area contributed by atoms with Gasteiger partial charge in [0.25, 0.3) is 0 Å². The van der Waals surface area contributed by atoms with Gasteiger partial charge in [-0.3, -0.25) is 4.79 Å². The molecule has 0 bridgehead atoms. The third-order valence-electron chi connectivity index (χ3n) is 4.61. The number of hydrogen-bond donors (Lipinski definition) is 1. The average Bonchev–Trinajstić information content (AvgIpc) is 2.84. The van der Waals surface area contributed by atoms with Crippen LogP contribution in [0.2, 0.25) is 0 Å². The molecule has 0 aromatic heterocycles. The lowest BCUT2D eigenvalue weighted by atomic mass is 9.76.